The Morgan fingerprint density at radius 3 is 2.62 bits per heavy atom. The number of halogens is 2. The largest absolute Gasteiger partial charge is 0.380 e. The van der Waals surface area contributed by atoms with Crippen LogP contribution in [0.2, 0.25) is 5.02 Å². The van der Waals surface area contributed by atoms with Crippen molar-refractivity contribution in [3.8, 4) is 0 Å². The summed E-state index contributed by atoms with van der Waals surface area (Å²) < 4.78 is 3.34. The van der Waals surface area contributed by atoms with E-state index in [2.05, 4.69) is 21.2 Å². The maximum Gasteiger partial charge on any atom is 0.330 e. The van der Waals surface area contributed by atoms with Crippen LogP contribution in [0.1, 0.15) is 11.1 Å². The van der Waals surface area contributed by atoms with Gasteiger partial charge in [0.25, 0.3) is 5.56 Å². The number of benzene rings is 1. The smallest absolute Gasteiger partial charge is 0.330 e. The molecule has 0 aliphatic carbocycles. The highest BCUT2D eigenvalue weighted by atomic mass is 79.9. The molecule has 0 spiro atoms. The average molecular weight is 373 g/mol. The van der Waals surface area contributed by atoms with E-state index in [0.717, 1.165) is 20.3 Å². The van der Waals surface area contributed by atoms with Crippen LogP contribution in [0, 0.1) is 6.92 Å². The molecule has 1 aromatic heterocycles. The lowest BCUT2D eigenvalue weighted by Gasteiger charge is -2.11. The van der Waals surface area contributed by atoms with Gasteiger partial charge in [0, 0.05) is 36.3 Å². The molecule has 0 atom stereocenters. The van der Waals surface area contributed by atoms with Crippen molar-refractivity contribution in [3.05, 3.63) is 59.8 Å². The SMILES string of the molecule is Cc1cc(Br)c(NCc2cn(C)c(=O)n(C)c2=O)cc1Cl. The normalized spacial score (nSPS) is 10.7. The van der Waals surface area contributed by atoms with Crippen molar-refractivity contribution in [3.63, 3.8) is 0 Å². The Labute approximate surface area is 135 Å². The molecule has 0 amide bonds. The number of nitrogens with zero attached hydrogens (tertiary/aromatic N) is 2. The minimum absolute atomic E-state index is 0.304. The Balaban J connectivity index is 2.31. The predicted octanol–water partition coefficient (Wildman–Crippen LogP) is 2.42. The summed E-state index contributed by atoms with van der Waals surface area (Å²) in [6.45, 7) is 2.22. The molecule has 1 N–H and O–H groups in total. The van der Waals surface area contributed by atoms with Gasteiger partial charge >= 0.3 is 5.69 Å². The van der Waals surface area contributed by atoms with Crippen LogP contribution in [0.5, 0.6) is 0 Å². The van der Waals surface area contributed by atoms with Crippen molar-refractivity contribution in [1.29, 1.82) is 0 Å². The van der Waals surface area contributed by atoms with Gasteiger partial charge in [0.15, 0.2) is 0 Å². The molecular formula is C14H15BrClN3O2. The maximum absolute atomic E-state index is 12.0. The fourth-order valence-corrected chi connectivity index (χ4v) is 2.74. The number of nitrogens with one attached hydrogen (secondary N) is 1. The van der Waals surface area contributed by atoms with E-state index >= 15 is 0 Å². The van der Waals surface area contributed by atoms with Gasteiger partial charge in [0.2, 0.25) is 0 Å². The van der Waals surface area contributed by atoms with Crippen LogP contribution < -0.4 is 16.6 Å². The second-order valence-electron chi connectivity index (χ2n) is 4.85. The van der Waals surface area contributed by atoms with Gasteiger partial charge in [0.1, 0.15) is 0 Å². The zero-order valence-electron chi connectivity index (χ0n) is 11.9. The van der Waals surface area contributed by atoms with E-state index in [0.29, 0.717) is 17.1 Å². The molecule has 0 bridgehead atoms. The summed E-state index contributed by atoms with van der Waals surface area (Å²) in [4.78, 5) is 23.7. The fourth-order valence-electron chi connectivity index (χ4n) is 1.98. The second kappa shape index (κ2) is 6.07. The van der Waals surface area contributed by atoms with Crippen LogP contribution in [0.3, 0.4) is 0 Å². The molecule has 2 aromatic rings. The number of aryl methyl sites for hydroxylation is 2. The number of hydrogen-bond donors (Lipinski definition) is 1. The van der Waals surface area contributed by atoms with Crippen LogP contribution >= 0.6 is 27.5 Å². The monoisotopic (exact) mass is 371 g/mol. The molecule has 7 heteroatoms. The van der Waals surface area contributed by atoms with Gasteiger partial charge in [-0.2, -0.15) is 0 Å². The Hall–Kier alpha value is -1.53. The summed E-state index contributed by atoms with van der Waals surface area (Å²) >= 11 is 9.55. The van der Waals surface area contributed by atoms with Gasteiger partial charge in [0.05, 0.1) is 11.3 Å². The van der Waals surface area contributed by atoms with Gasteiger partial charge in [-0.1, -0.05) is 11.6 Å². The average Bonchev–Trinajstić information content (AvgIpc) is 2.44. The highest BCUT2D eigenvalue weighted by Gasteiger charge is 2.08. The van der Waals surface area contributed by atoms with Crippen molar-refractivity contribution in [2.75, 3.05) is 5.32 Å². The van der Waals surface area contributed by atoms with E-state index in [-0.39, 0.29) is 11.2 Å². The third kappa shape index (κ3) is 3.22. The number of hydrogen-bond acceptors (Lipinski definition) is 3. The molecule has 1 heterocycles. The van der Waals surface area contributed by atoms with Crippen molar-refractivity contribution >= 4 is 33.2 Å². The Bertz CT molecular complexity index is 811. The van der Waals surface area contributed by atoms with Gasteiger partial charge < -0.3 is 9.88 Å². The predicted molar refractivity (Wildman–Crippen MR) is 88.1 cm³/mol. The molecule has 21 heavy (non-hydrogen) atoms. The highest BCUT2D eigenvalue weighted by Crippen LogP contribution is 2.29. The summed E-state index contributed by atoms with van der Waals surface area (Å²) in [5, 5.41) is 3.80. The first kappa shape index (κ1) is 15.9. The minimum Gasteiger partial charge on any atom is -0.380 e. The van der Waals surface area contributed by atoms with E-state index in [4.69, 9.17) is 11.6 Å². The number of rotatable bonds is 3. The molecule has 5 nitrogen and oxygen atoms in total. The van der Waals surface area contributed by atoms with E-state index in [9.17, 15) is 9.59 Å². The molecule has 0 saturated heterocycles. The topological polar surface area (TPSA) is 56.0 Å². The molecule has 0 aliphatic heterocycles. The van der Waals surface area contributed by atoms with E-state index in [1.54, 1.807) is 19.3 Å². The molecule has 0 fully saturated rings. The standard InChI is InChI=1S/C14H15BrClN3O2/c1-8-4-10(15)12(5-11(8)16)17-6-9-7-18(2)14(21)19(3)13(9)20/h4-5,7,17H,6H2,1-3H3. The van der Waals surface area contributed by atoms with Crippen molar-refractivity contribution in [1.82, 2.24) is 9.13 Å². The number of anilines is 1. The zero-order chi connectivity index (χ0) is 15.7. The molecule has 2 rings (SSSR count). The minimum atomic E-state index is -0.344. The van der Waals surface area contributed by atoms with Crippen LogP contribution in [0.15, 0.2) is 32.4 Å². The van der Waals surface area contributed by atoms with E-state index < -0.39 is 0 Å². The summed E-state index contributed by atoms with van der Waals surface area (Å²) in [5.41, 5.74) is 1.61. The molecule has 112 valence electrons. The van der Waals surface area contributed by atoms with Crippen LogP contribution in [0.25, 0.3) is 0 Å². The third-order valence-electron chi connectivity index (χ3n) is 3.24. The number of aromatic nitrogens is 2. The molecule has 0 saturated carbocycles. The van der Waals surface area contributed by atoms with Crippen LogP contribution in [0.4, 0.5) is 5.69 Å². The maximum atomic E-state index is 12.0. The Kier molecular flexibility index (Phi) is 4.58. The fraction of sp³-hybridized carbons (Fsp3) is 0.286. The molecule has 1 aromatic carbocycles. The first-order chi connectivity index (χ1) is 9.81. The van der Waals surface area contributed by atoms with Crippen LogP contribution in [-0.4, -0.2) is 9.13 Å². The summed E-state index contributed by atoms with van der Waals surface area (Å²) in [5.74, 6) is 0. The van der Waals surface area contributed by atoms with Crippen molar-refractivity contribution in [2.24, 2.45) is 14.1 Å². The van der Waals surface area contributed by atoms with Gasteiger partial charge in [-0.15, -0.1) is 0 Å². The first-order valence-electron chi connectivity index (χ1n) is 6.26. The first-order valence-corrected chi connectivity index (χ1v) is 7.43. The molecular weight excluding hydrogens is 358 g/mol. The van der Waals surface area contributed by atoms with E-state index in [1.807, 2.05) is 13.0 Å². The van der Waals surface area contributed by atoms with E-state index in [1.165, 1.54) is 11.6 Å². The second-order valence-corrected chi connectivity index (χ2v) is 6.11. The van der Waals surface area contributed by atoms with Crippen LogP contribution in [-0.2, 0) is 20.6 Å². The Morgan fingerprint density at radius 2 is 1.95 bits per heavy atom. The summed E-state index contributed by atoms with van der Waals surface area (Å²) in [6.07, 6.45) is 1.54. The lowest BCUT2D eigenvalue weighted by molar-refractivity contribution is 0.671. The molecule has 0 aliphatic rings. The molecule has 0 radical (unpaired) electrons. The van der Waals surface area contributed by atoms with Crippen molar-refractivity contribution in [2.45, 2.75) is 13.5 Å². The van der Waals surface area contributed by atoms with Gasteiger partial charge in [-0.3, -0.25) is 9.36 Å². The lowest BCUT2D eigenvalue weighted by Crippen LogP contribution is -2.38. The zero-order valence-corrected chi connectivity index (χ0v) is 14.2. The van der Waals surface area contributed by atoms with Gasteiger partial charge in [-0.05, 0) is 40.5 Å². The highest BCUT2D eigenvalue weighted by molar-refractivity contribution is 9.10. The summed E-state index contributed by atoms with van der Waals surface area (Å²) in [7, 11) is 3.08. The third-order valence-corrected chi connectivity index (χ3v) is 4.30. The lowest BCUT2D eigenvalue weighted by atomic mass is 10.2. The quantitative estimate of drug-likeness (QED) is 0.900. The van der Waals surface area contributed by atoms with Crippen molar-refractivity contribution < 1.29 is 0 Å². The molecule has 0 unspecified atom stereocenters. The Morgan fingerprint density at radius 1 is 1.29 bits per heavy atom. The summed E-state index contributed by atoms with van der Waals surface area (Å²) in [6, 6.07) is 3.71. The van der Waals surface area contributed by atoms with Gasteiger partial charge in [-0.25, -0.2) is 4.79 Å².